The highest BCUT2D eigenvalue weighted by molar-refractivity contribution is 6.07. The molecule has 28 heavy (non-hydrogen) atoms. The summed E-state index contributed by atoms with van der Waals surface area (Å²) in [6.07, 6.45) is 7.47. The molecule has 2 aliphatic heterocycles. The second-order valence-electron chi connectivity index (χ2n) is 8.11. The number of nitrogens with zero attached hydrogens (tertiary/aromatic N) is 4. The summed E-state index contributed by atoms with van der Waals surface area (Å²) in [4.78, 5) is 17.6. The summed E-state index contributed by atoms with van der Waals surface area (Å²) in [7, 11) is 0. The van der Waals surface area contributed by atoms with E-state index in [1.165, 1.54) is 38.5 Å². The Bertz CT molecular complexity index is 818. The summed E-state index contributed by atoms with van der Waals surface area (Å²) < 4.78 is 0. The van der Waals surface area contributed by atoms with Gasteiger partial charge in [0.15, 0.2) is 11.5 Å². The van der Waals surface area contributed by atoms with Crippen LogP contribution in [0.5, 0.6) is 0 Å². The summed E-state index contributed by atoms with van der Waals surface area (Å²) in [5, 5.41) is 13.8. The van der Waals surface area contributed by atoms with E-state index in [9.17, 15) is 4.79 Å². The summed E-state index contributed by atoms with van der Waals surface area (Å²) in [5.41, 5.74) is 0.433. The van der Waals surface area contributed by atoms with Crippen LogP contribution in [0.2, 0.25) is 0 Å². The zero-order chi connectivity index (χ0) is 19.3. The smallest absolute Gasteiger partial charge is 0.272 e. The molecule has 1 atom stereocenters. The van der Waals surface area contributed by atoms with Crippen LogP contribution in [0, 0.1) is 0 Å². The van der Waals surface area contributed by atoms with Crippen molar-refractivity contribution in [2.24, 2.45) is 0 Å². The van der Waals surface area contributed by atoms with Gasteiger partial charge in [-0.25, -0.2) is 0 Å². The van der Waals surface area contributed by atoms with Crippen LogP contribution in [0.4, 0.5) is 5.82 Å². The minimum absolute atomic E-state index is 0.126. The standard InChI is InChI=1S/C22H31N5O/c1-17-9-5-8-15-27(17)21-19-11-4-3-10-18(19)20(24-25-21)22(28)23-12-16-26-13-6-2-7-14-26/h3-4,10-11,17H,2,5-9,12-16H2,1H3,(H,23,28). The number of anilines is 1. The first-order chi connectivity index (χ1) is 13.7. The van der Waals surface area contributed by atoms with E-state index in [1.54, 1.807) is 0 Å². The van der Waals surface area contributed by atoms with Crippen molar-refractivity contribution in [1.82, 2.24) is 20.4 Å². The monoisotopic (exact) mass is 381 g/mol. The number of amides is 1. The zero-order valence-corrected chi connectivity index (χ0v) is 16.9. The third kappa shape index (κ3) is 4.12. The average Bonchev–Trinajstić information content (AvgIpc) is 2.74. The van der Waals surface area contributed by atoms with Gasteiger partial charge in [0.25, 0.3) is 5.91 Å². The van der Waals surface area contributed by atoms with Gasteiger partial charge in [-0.1, -0.05) is 30.7 Å². The van der Waals surface area contributed by atoms with E-state index in [4.69, 9.17) is 0 Å². The number of nitrogens with one attached hydrogen (secondary N) is 1. The van der Waals surface area contributed by atoms with Crippen LogP contribution >= 0.6 is 0 Å². The van der Waals surface area contributed by atoms with Gasteiger partial charge in [-0.15, -0.1) is 10.2 Å². The first-order valence-electron chi connectivity index (χ1n) is 10.8. The first-order valence-corrected chi connectivity index (χ1v) is 10.8. The molecule has 1 N–H and O–H groups in total. The van der Waals surface area contributed by atoms with Gasteiger partial charge in [-0.3, -0.25) is 4.79 Å². The fraction of sp³-hybridized carbons (Fsp3) is 0.591. The molecule has 3 heterocycles. The van der Waals surface area contributed by atoms with E-state index >= 15 is 0 Å². The maximum Gasteiger partial charge on any atom is 0.272 e. The molecular formula is C22H31N5O. The van der Waals surface area contributed by atoms with Crippen molar-refractivity contribution >= 4 is 22.5 Å². The lowest BCUT2D eigenvalue weighted by atomic mass is 10.0. The Labute approximate surface area is 167 Å². The Balaban J connectivity index is 1.51. The van der Waals surface area contributed by atoms with Gasteiger partial charge in [0.1, 0.15) is 0 Å². The number of piperidine rings is 2. The Morgan fingerprint density at radius 3 is 2.57 bits per heavy atom. The molecule has 0 aliphatic carbocycles. The molecule has 1 aromatic heterocycles. The van der Waals surface area contributed by atoms with Gasteiger partial charge in [0.05, 0.1) is 0 Å². The summed E-state index contributed by atoms with van der Waals surface area (Å²) in [6, 6.07) is 8.49. The maximum absolute atomic E-state index is 12.8. The third-order valence-electron chi connectivity index (χ3n) is 6.12. The van der Waals surface area contributed by atoms with Crippen LogP contribution in [0.3, 0.4) is 0 Å². The molecule has 6 nitrogen and oxygen atoms in total. The van der Waals surface area contributed by atoms with E-state index in [0.717, 1.165) is 42.8 Å². The van der Waals surface area contributed by atoms with Gasteiger partial charge in [-0.2, -0.15) is 0 Å². The molecule has 6 heteroatoms. The minimum Gasteiger partial charge on any atom is -0.352 e. The molecule has 150 valence electrons. The number of fused-ring (bicyclic) bond motifs is 1. The lowest BCUT2D eigenvalue weighted by Gasteiger charge is -2.34. The quantitative estimate of drug-likeness (QED) is 0.862. The van der Waals surface area contributed by atoms with Crippen LogP contribution in [-0.2, 0) is 0 Å². The number of benzene rings is 1. The van der Waals surface area contributed by atoms with Crippen molar-refractivity contribution in [3.05, 3.63) is 30.0 Å². The third-order valence-corrected chi connectivity index (χ3v) is 6.12. The molecule has 1 aromatic carbocycles. The number of aromatic nitrogens is 2. The van der Waals surface area contributed by atoms with Crippen molar-refractivity contribution in [2.45, 2.75) is 51.5 Å². The lowest BCUT2D eigenvalue weighted by molar-refractivity contribution is 0.0942. The highest BCUT2D eigenvalue weighted by atomic mass is 16.1. The maximum atomic E-state index is 12.8. The Morgan fingerprint density at radius 2 is 1.79 bits per heavy atom. The van der Waals surface area contributed by atoms with Crippen molar-refractivity contribution < 1.29 is 4.79 Å². The summed E-state index contributed by atoms with van der Waals surface area (Å²) >= 11 is 0. The van der Waals surface area contributed by atoms with Gasteiger partial charge in [0.2, 0.25) is 0 Å². The van der Waals surface area contributed by atoms with Crippen molar-refractivity contribution in [1.29, 1.82) is 0 Å². The average molecular weight is 382 g/mol. The van der Waals surface area contributed by atoms with E-state index in [-0.39, 0.29) is 5.91 Å². The molecule has 0 spiro atoms. The van der Waals surface area contributed by atoms with Gasteiger partial charge in [0, 0.05) is 36.4 Å². The molecule has 1 unspecified atom stereocenters. The van der Waals surface area contributed by atoms with E-state index < -0.39 is 0 Å². The van der Waals surface area contributed by atoms with E-state index in [2.05, 4.69) is 38.3 Å². The molecule has 0 bridgehead atoms. The van der Waals surface area contributed by atoms with Crippen LogP contribution in [0.15, 0.2) is 24.3 Å². The highest BCUT2D eigenvalue weighted by Gasteiger charge is 2.24. The second-order valence-corrected chi connectivity index (χ2v) is 8.11. The predicted octanol–water partition coefficient (Wildman–Crippen LogP) is 3.22. The molecule has 2 aliphatic rings. The highest BCUT2D eigenvalue weighted by Crippen LogP contribution is 2.30. The molecule has 2 saturated heterocycles. The Hall–Kier alpha value is -2.21. The lowest BCUT2D eigenvalue weighted by Crippen LogP contribution is -2.39. The Morgan fingerprint density at radius 1 is 1.04 bits per heavy atom. The van der Waals surface area contributed by atoms with Gasteiger partial charge >= 0.3 is 0 Å². The molecule has 0 radical (unpaired) electrons. The van der Waals surface area contributed by atoms with E-state index in [1.807, 2.05) is 18.2 Å². The summed E-state index contributed by atoms with van der Waals surface area (Å²) in [5.74, 6) is 0.784. The fourth-order valence-electron chi connectivity index (χ4n) is 4.48. The number of likely N-dealkylation sites (tertiary alicyclic amines) is 1. The molecule has 2 aromatic rings. The van der Waals surface area contributed by atoms with Crippen LogP contribution in [-0.4, -0.2) is 59.8 Å². The number of carbonyl (C=O) groups excluding carboxylic acids is 1. The number of hydrogen-bond donors (Lipinski definition) is 1. The largest absolute Gasteiger partial charge is 0.352 e. The van der Waals surface area contributed by atoms with Crippen LogP contribution in [0.1, 0.15) is 55.9 Å². The summed E-state index contributed by atoms with van der Waals surface area (Å²) in [6.45, 7) is 7.08. The van der Waals surface area contributed by atoms with Crippen molar-refractivity contribution in [3.63, 3.8) is 0 Å². The topological polar surface area (TPSA) is 61.4 Å². The SMILES string of the molecule is CC1CCCCN1c1nnc(C(=O)NCCN2CCCCC2)c2ccccc12. The van der Waals surface area contributed by atoms with Gasteiger partial charge in [-0.05, 0) is 52.1 Å². The number of hydrogen-bond acceptors (Lipinski definition) is 5. The zero-order valence-electron chi connectivity index (χ0n) is 16.9. The molecule has 2 fully saturated rings. The fourth-order valence-corrected chi connectivity index (χ4v) is 4.48. The molecule has 1 amide bonds. The van der Waals surface area contributed by atoms with Crippen LogP contribution in [0.25, 0.3) is 10.8 Å². The van der Waals surface area contributed by atoms with E-state index in [0.29, 0.717) is 18.3 Å². The predicted molar refractivity (Wildman–Crippen MR) is 113 cm³/mol. The second kappa shape index (κ2) is 8.86. The first kappa shape index (κ1) is 19.1. The van der Waals surface area contributed by atoms with Crippen molar-refractivity contribution in [3.8, 4) is 0 Å². The molecular weight excluding hydrogens is 350 g/mol. The molecule has 0 saturated carbocycles. The normalized spacial score (nSPS) is 21.0. The number of rotatable bonds is 5. The molecule has 4 rings (SSSR count). The number of carbonyl (C=O) groups is 1. The Kier molecular flexibility index (Phi) is 6.05. The van der Waals surface area contributed by atoms with Crippen LogP contribution < -0.4 is 10.2 Å². The minimum atomic E-state index is -0.126. The van der Waals surface area contributed by atoms with Crippen molar-refractivity contribution in [2.75, 3.05) is 37.6 Å². The van der Waals surface area contributed by atoms with Gasteiger partial charge < -0.3 is 15.1 Å².